The Balaban J connectivity index is 2.71. The molecule has 0 amide bonds. The van der Waals surface area contributed by atoms with Gasteiger partial charge in [-0.05, 0) is 53.1 Å². The summed E-state index contributed by atoms with van der Waals surface area (Å²) in [5, 5.41) is 0. The molecule has 0 fully saturated rings. The summed E-state index contributed by atoms with van der Waals surface area (Å²) in [4.78, 5) is 0. The normalized spacial score (nSPS) is 11.7. The first-order chi connectivity index (χ1) is 14.7. The van der Waals surface area contributed by atoms with E-state index in [0.29, 0.717) is 22.8 Å². The van der Waals surface area contributed by atoms with Crippen LogP contribution in [0, 0.1) is 5.41 Å². The molecule has 0 aromatic heterocycles. The van der Waals surface area contributed by atoms with E-state index in [1.807, 2.05) is 12.1 Å². The standard InChI is InChI=1S/C20H26O3.3Al.6ClH/c1-19(2,3)12-20(4,5)13-6-8-17(22)15(10-13)16-11-14(21)7-9-18(16)23;;;;;;;;;/h6-11,21-23H,12H2,1-5H3;;;;6*1H/q;3*+3;;;;;;/p-9. The maximum Gasteiger partial charge on any atom is 0.815 e. The molecule has 0 N–H and O–H groups in total. The van der Waals surface area contributed by atoms with Gasteiger partial charge >= 0.3 is 37.9 Å². The molecule has 0 aliphatic rings. The van der Waals surface area contributed by atoms with Crippen molar-refractivity contribution in [1.29, 1.82) is 0 Å². The van der Waals surface area contributed by atoms with Gasteiger partial charge in [0.25, 0.3) is 0 Å². The SMILES string of the molecule is CC(C)(C)CC(C)(C)c1ccc([O][Al]([Cl])[Cl])c(-c2cc([O][Al]([Cl])[Cl])ccc2[O][Al]([Cl])[Cl])c1. The Morgan fingerprint density at radius 3 is 1.59 bits per heavy atom. The summed E-state index contributed by atoms with van der Waals surface area (Å²) in [5.74, 6) is 1.54. The van der Waals surface area contributed by atoms with E-state index >= 15 is 0 Å². The third kappa shape index (κ3) is 9.33. The summed E-state index contributed by atoms with van der Waals surface area (Å²) in [7, 11) is 36.1. The number of hydrogen-bond acceptors (Lipinski definition) is 3. The van der Waals surface area contributed by atoms with Crippen molar-refractivity contribution < 1.29 is 11.4 Å². The molecule has 2 aromatic rings. The summed E-state index contributed by atoms with van der Waals surface area (Å²) < 4.78 is 17.2. The zero-order valence-electron chi connectivity index (χ0n) is 18.4. The van der Waals surface area contributed by atoms with Gasteiger partial charge in [-0.15, -0.1) is 0 Å². The number of benzene rings is 2. The smallest absolute Gasteiger partial charge is 0.620 e. The first-order valence-corrected chi connectivity index (χ1v) is 21.7. The van der Waals surface area contributed by atoms with Gasteiger partial charge in [0, 0.05) is 11.1 Å². The number of rotatable bonds is 9. The predicted molar refractivity (Wildman–Crippen MR) is 143 cm³/mol. The Hall–Kier alpha value is 1.18. The van der Waals surface area contributed by atoms with Crippen molar-refractivity contribution in [3.05, 3.63) is 42.0 Å². The van der Waals surface area contributed by atoms with Gasteiger partial charge in [0.15, 0.2) is 0 Å². The maximum atomic E-state index is 6.07. The molecule has 172 valence electrons. The number of halogens is 6. The molecule has 0 saturated carbocycles. The zero-order chi connectivity index (χ0) is 24.3. The molecule has 0 bridgehead atoms. The van der Waals surface area contributed by atoms with Crippen LogP contribution >= 0.6 is 60.3 Å². The molecule has 2 aromatic carbocycles. The van der Waals surface area contributed by atoms with E-state index < -0.39 is 37.9 Å². The molecule has 0 atom stereocenters. The van der Waals surface area contributed by atoms with E-state index in [2.05, 4.69) is 40.7 Å². The van der Waals surface area contributed by atoms with Crippen molar-refractivity contribution in [3.63, 3.8) is 0 Å². The van der Waals surface area contributed by atoms with Crippen LogP contribution in [0.5, 0.6) is 17.2 Å². The quantitative estimate of drug-likeness (QED) is 0.268. The van der Waals surface area contributed by atoms with Crippen LogP contribution in [0.3, 0.4) is 0 Å². The first kappa shape index (κ1) is 29.4. The molecule has 0 aliphatic heterocycles. The van der Waals surface area contributed by atoms with E-state index in [-0.39, 0.29) is 10.8 Å². The first-order valence-electron chi connectivity index (χ1n) is 9.81. The topological polar surface area (TPSA) is 27.7 Å². The summed E-state index contributed by atoms with van der Waals surface area (Å²) in [6.07, 6.45) is 0.971. The third-order valence-corrected chi connectivity index (χ3v) is 7.55. The molecule has 0 heterocycles. The Bertz CT molecular complexity index is 920. The van der Waals surface area contributed by atoms with E-state index in [1.165, 1.54) is 0 Å². The van der Waals surface area contributed by atoms with Crippen LogP contribution in [0.15, 0.2) is 36.4 Å². The third-order valence-electron chi connectivity index (χ3n) is 4.63. The lowest BCUT2D eigenvalue weighted by molar-refractivity contribution is 0.284. The van der Waals surface area contributed by atoms with Gasteiger partial charge in [0.05, 0.1) is 17.2 Å². The molecular formula is C20H23Al3Cl6O3. The Kier molecular flexibility index (Phi) is 11.4. The fraction of sp³-hybridized carbons (Fsp3) is 0.400. The minimum absolute atomic E-state index is 0.111. The van der Waals surface area contributed by atoms with Crippen molar-refractivity contribution in [2.24, 2.45) is 5.41 Å². The van der Waals surface area contributed by atoms with Crippen LogP contribution in [0.2, 0.25) is 0 Å². The van der Waals surface area contributed by atoms with Crippen LogP contribution in [-0.4, -0.2) is 37.9 Å². The second kappa shape index (κ2) is 12.4. The molecule has 0 radical (unpaired) electrons. The van der Waals surface area contributed by atoms with Gasteiger partial charge in [0.1, 0.15) is 0 Å². The minimum atomic E-state index is -2.44. The maximum absolute atomic E-state index is 6.07. The molecule has 0 saturated heterocycles. The second-order valence-electron chi connectivity index (χ2n) is 9.13. The van der Waals surface area contributed by atoms with Crippen LogP contribution in [0.4, 0.5) is 0 Å². The van der Waals surface area contributed by atoms with E-state index in [0.717, 1.165) is 17.5 Å². The van der Waals surface area contributed by atoms with Crippen molar-refractivity contribution in [2.75, 3.05) is 0 Å². The molecule has 0 aliphatic carbocycles. The van der Waals surface area contributed by atoms with Crippen LogP contribution in [0.25, 0.3) is 11.1 Å². The highest BCUT2D eigenvalue weighted by molar-refractivity contribution is 7.31. The summed E-state index contributed by atoms with van der Waals surface area (Å²) >= 11 is -7.22. The lowest BCUT2D eigenvalue weighted by atomic mass is 9.72. The minimum Gasteiger partial charge on any atom is -0.620 e. The zero-order valence-corrected chi connectivity index (χ0v) is 26.4. The second-order valence-corrected chi connectivity index (χ2v) is 20.5. The molecule has 0 unspecified atom stereocenters. The van der Waals surface area contributed by atoms with Gasteiger partial charge in [-0.1, -0.05) is 40.7 Å². The summed E-state index contributed by atoms with van der Waals surface area (Å²) in [5.41, 5.74) is 2.58. The Morgan fingerprint density at radius 1 is 0.656 bits per heavy atom. The number of hydrogen-bond donors (Lipinski definition) is 0. The Morgan fingerprint density at radius 2 is 1.12 bits per heavy atom. The van der Waals surface area contributed by atoms with Crippen molar-refractivity contribution in [2.45, 2.75) is 46.5 Å². The Labute approximate surface area is 229 Å². The molecule has 32 heavy (non-hydrogen) atoms. The van der Waals surface area contributed by atoms with Gasteiger partial charge in [-0.3, -0.25) is 0 Å². The van der Waals surface area contributed by atoms with Crippen LogP contribution < -0.4 is 11.4 Å². The van der Waals surface area contributed by atoms with Crippen molar-refractivity contribution in [3.8, 4) is 28.4 Å². The lowest BCUT2D eigenvalue weighted by Crippen LogP contribution is -2.25. The molecule has 0 spiro atoms. The van der Waals surface area contributed by atoms with E-state index in [4.69, 9.17) is 71.7 Å². The van der Waals surface area contributed by atoms with Gasteiger partial charge in [-0.25, -0.2) is 0 Å². The van der Waals surface area contributed by atoms with E-state index in [1.54, 1.807) is 18.2 Å². The van der Waals surface area contributed by atoms with Crippen LogP contribution in [-0.2, 0) is 5.41 Å². The highest BCUT2D eigenvalue weighted by Gasteiger charge is 2.30. The molecule has 2 rings (SSSR count). The average Bonchev–Trinajstić information content (AvgIpc) is 2.60. The average molecular weight is 605 g/mol. The van der Waals surface area contributed by atoms with Gasteiger partial charge in [0.2, 0.25) is 0 Å². The summed E-state index contributed by atoms with van der Waals surface area (Å²) in [6, 6.07) is 11.2. The molecular weight excluding hydrogens is 582 g/mol. The van der Waals surface area contributed by atoms with Crippen LogP contribution in [0.1, 0.15) is 46.6 Å². The van der Waals surface area contributed by atoms with Gasteiger partial charge < -0.3 is 11.4 Å². The highest BCUT2D eigenvalue weighted by atomic mass is 35.7. The highest BCUT2D eigenvalue weighted by Crippen LogP contribution is 2.44. The van der Waals surface area contributed by atoms with Crippen molar-refractivity contribution >= 4 is 98.2 Å². The predicted octanol–water partition coefficient (Wildman–Crippen LogP) is 8.59. The van der Waals surface area contributed by atoms with Gasteiger partial charge in [-0.2, -0.15) is 60.3 Å². The largest absolute Gasteiger partial charge is 0.815 e. The summed E-state index contributed by atoms with van der Waals surface area (Å²) in [6.45, 7) is 11.1. The lowest BCUT2D eigenvalue weighted by Gasteiger charge is -2.33. The molecule has 3 nitrogen and oxygen atoms in total. The van der Waals surface area contributed by atoms with Crippen molar-refractivity contribution in [1.82, 2.24) is 0 Å². The molecule has 12 heteroatoms. The fourth-order valence-corrected chi connectivity index (χ4v) is 6.80. The van der Waals surface area contributed by atoms with E-state index in [9.17, 15) is 0 Å². The fourth-order valence-electron chi connectivity index (χ4n) is 3.88. The monoisotopic (exact) mass is 602 g/mol.